The summed E-state index contributed by atoms with van der Waals surface area (Å²) >= 11 is 0. The topological polar surface area (TPSA) is 81.5 Å². The predicted molar refractivity (Wildman–Crippen MR) is 75.1 cm³/mol. The van der Waals surface area contributed by atoms with Crippen LogP contribution in [0.5, 0.6) is 5.75 Å². The van der Waals surface area contributed by atoms with Crippen molar-refractivity contribution in [3.05, 3.63) is 53.9 Å². The molecule has 2 aromatic carbocycles. The zero-order valence-electron chi connectivity index (χ0n) is 10.7. The largest absolute Gasteiger partial charge is 0.484 e. The molecular formula is C15H14N2O3. The second-order valence-electron chi connectivity index (χ2n) is 4.43. The Labute approximate surface area is 115 Å². The lowest BCUT2D eigenvalue weighted by atomic mass is 10.2. The summed E-state index contributed by atoms with van der Waals surface area (Å²) in [6.45, 7) is 0.211. The fourth-order valence-corrected chi connectivity index (χ4v) is 1.93. The fraction of sp³-hybridized carbons (Fsp3) is 0.133. The number of ether oxygens (including phenoxy) is 1. The van der Waals surface area contributed by atoms with Crippen molar-refractivity contribution in [3.8, 4) is 5.75 Å². The molecule has 0 saturated heterocycles. The molecule has 0 saturated carbocycles. The van der Waals surface area contributed by atoms with Crippen LogP contribution >= 0.6 is 0 Å². The molecule has 20 heavy (non-hydrogen) atoms. The molecule has 0 radical (unpaired) electrons. The van der Waals surface area contributed by atoms with Gasteiger partial charge in [-0.25, -0.2) is 4.98 Å². The number of aliphatic hydroxyl groups excluding tert-OH is 1. The number of rotatable bonds is 4. The third kappa shape index (κ3) is 2.57. The summed E-state index contributed by atoms with van der Waals surface area (Å²) in [6.07, 6.45) is 0. The van der Waals surface area contributed by atoms with Crippen LogP contribution in [0.1, 0.15) is 11.5 Å². The standard InChI is InChI=1S/C15H14N2O3/c16-11-4-5-14-13(7-11)17-15(20-14)9-19-12-3-1-2-10(6-12)8-18/h1-7,18H,8-9,16H2. The normalized spacial score (nSPS) is 10.8. The summed E-state index contributed by atoms with van der Waals surface area (Å²) in [7, 11) is 0. The molecule has 5 nitrogen and oxygen atoms in total. The molecule has 3 aromatic rings. The third-order valence-corrected chi connectivity index (χ3v) is 2.90. The summed E-state index contributed by atoms with van der Waals surface area (Å²) < 4.78 is 11.2. The number of oxazole rings is 1. The van der Waals surface area contributed by atoms with E-state index in [0.717, 1.165) is 5.56 Å². The molecule has 0 aliphatic rings. The van der Waals surface area contributed by atoms with Gasteiger partial charge in [-0.3, -0.25) is 0 Å². The van der Waals surface area contributed by atoms with Gasteiger partial charge in [-0.05, 0) is 35.9 Å². The molecule has 102 valence electrons. The van der Waals surface area contributed by atoms with Crippen LogP contribution in [0.2, 0.25) is 0 Å². The molecule has 0 atom stereocenters. The highest BCUT2D eigenvalue weighted by Gasteiger charge is 2.07. The number of nitrogen functional groups attached to an aromatic ring is 1. The van der Waals surface area contributed by atoms with Gasteiger partial charge in [0.15, 0.2) is 12.2 Å². The average molecular weight is 270 g/mol. The van der Waals surface area contributed by atoms with E-state index >= 15 is 0 Å². The molecule has 0 spiro atoms. The predicted octanol–water partition coefficient (Wildman–Crippen LogP) is 2.48. The van der Waals surface area contributed by atoms with Gasteiger partial charge in [0.1, 0.15) is 11.3 Å². The molecule has 3 N–H and O–H groups in total. The van der Waals surface area contributed by atoms with Gasteiger partial charge in [0.25, 0.3) is 0 Å². The van der Waals surface area contributed by atoms with E-state index in [9.17, 15) is 0 Å². The second-order valence-corrected chi connectivity index (χ2v) is 4.43. The Balaban J connectivity index is 1.76. The van der Waals surface area contributed by atoms with Crippen LogP contribution in [-0.2, 0) is 13.2 Å². The first-order valence-electron chi connectivity index (χ1n) is 6.22. The maximum Gasteiger partial charge on any atom is 0.233 e. The van der Waals surface area contributed by atoms with E-state index in [1.165, 1.54) is 0 Å². The van der Waals surface area contributed by atoms with E-state index in [1.807, 2.05) is 18.2 Å². The minimum Gasteiger partial charge on any atom is -0.484 e. The molecule has 1 heterocycles. The van der Waals surface area contributed by atoms with E-state index in [2.05, 4.69) is 4.98 Å². The van der Waals surface area contributed by atoms with Crippen molar-refractivity contribution < 1.29 is 14.3 Å². The molecule has 3 rings (SSSR count). The number of nitrogens with zero attached hydrogens (tertiary/aromatic N) is 1. The van der Waals surface area contributed by atoms with Crippen LogP contribution in [0.15, 0.2) is 46.9 Å². The first-order chi connectivity index (χ1) is 9.74. The molecule has 0 unspecified atom stereocenters. The molecule has 0 bridgehead atoms. The van der Waals surface area contributed by atoms with Crippen molar-refractivity contribution in [1.29, 1.82) is 0 Å². The lowest BCUT2D eigenvalue weighted by Crippen LogP contribution is -1.96. The minimum atomic E-state index is -0.0145. The summed E-state index contributed by atoms with van der Waals surface area (Å²) in [4.78, 5) is 4.31. The smallest absolute Gasteiger partial charge is 0.233 e. The summed E-state index contributed by atoms with van der Waals surface area (Å²) in [6, 6.07) is 12.6. The lowest BCUT2D eigenvalue weighted by molar-refractivity contribution is 0.262. The number of nitrogens with two attached hydrogens (primary N) is 1. The Morgan fingerprint density at radius 3 is 2.95 bits per heavy atom. The monoisotopic (exact) mass is 270 g/mol. The summed E-state index contributed by atoms with van der Waals surface area (Å²) in [5.74, 6) is 1.15. The van der Waals surface area contributed by atoms with E-state index < -0.39 is 0 Å². The molecular weight excluding hydrogens is 256 g/mol. The van der Waals surface area contributed by atoms with Gasteiger partial charge >= 0.3 is 0 Å². The van der Waals surface area contributed by atoms with Crippen molar-refractivity contribution in [3.63, 3.8) is 0 Å². The van der Waals surface area contributed by atoms with Gasteiger partial charge in [-0.15, -0.1) is 0 Å². The van der Waals surface area contributed by atoms with Crippen LogP contribution in [0.4, 0.5) is 5.69 Å². The second kappa shape index (κ2) is 5.22. The molecule has 0 aliphatic carbocycles. The summed E-state index contributed by atoms with van der Waals surface area (Å²) in [5.41, 5.74) is 8.54. The van der Waals surface area contributed by atoms with Crippen LogP contribution in [0.25, 0.3) is 11.1 Å². The van der Waals surface area contributed by atoms with Crippen molar-refractivity contribution >= 4 is 16.8 Å². The van der Waals surface area contributed by atoms with Crippen molar-refractivity contribution in [2.75, 3.05) is 5.73 Å². The number of fused-ring (bicyclic) bond motifs is 1. The maximum atomic E-state index is 9.07. The maximum absolute atomic E-state index is 9.07. The molecule has 0 amide bonds. The van der Waals surface area contributed by atoms with E-state index in [-0.39, 0.29) is 13.2 Å². The average Bonchev–Trinajstić information content (AvgIpc) is 2.87. The van der Waals surface area contributed by atoms with Crippen molar-refractivity contribution in [2.24, 2.45) is 0 Å². The number of hydrogen-bond acceptors (Lipinski definition) is 5. The molecule has 0 aliphatic heterocycles. The van der Waals surface area contributed by atoms with Gasteiger partial charge in [0, 0.05) is 5.69 Å². The van der Waals surface area contributed by atoms with Gasteiger partial charge in [0.05, 0.1) is 6.61 Å². The van der Waals surface area contributed by atoms with Gasteiger partial charge < -0.3 is 20.0 Å². The Morgan fingerprint density at radius 2 is 2.10 bits per heavy atom. The van der Waals surface area contributed by atoms with Crippen LogP contribution in [-0.4, -0.2) is 10.1 Å². The van der Waals surface area contributed by atoms with Gasteiger partial charge in [0.2, 0.25) is 5.89 Å². The molecule has 1 aromatic heterocycles. The SMILES string of the molecule is Nc1ccc2oc(COc3cccc(CO)c3)nc2c1. The van der Waals surface area contributed by atoms with E-state index in [0.29, 0.717) is 28.4 Å². The lowest BCUT2D eigenvalue weighted by Gasteiger charge is -2.04. The first-order valence-corrected chi connectivity index (χ1v) is 6.22. The zero-order chi connectivity index (χ0) is 13.9. The third-order valence-electron chi connectivity index (χ3n) is 2.90. The Bertz CT molecular complexity index is 737. The van der Waals surface area contributed by atoms with E-state index in [4.69, 9.17) is 20.0 Å². The Hall–Kier alpha value is -2.53. The van der Waals surface area contributed by atoms with E-state index in [1.54, 1.807) is 24.3 Å². The molecule has 0 fully saturated rings. The highest BCUT2D eigenvalue weighted by Crippen LogP contribution is 2.20. The zero-order valence-corrected chi connectivity index (χ0v) is 10.7. The first kappa shape index (κ1) is 12.5. The number of aromatic nitrogens is 1. The van der Waals surface area contributed by atoms with Crippen LogP contribution < -0.4 is 10.5 Å². The minimum absolute atomic E-state index is 0.0145. The van der Waals surface area contributed by atoms with Gasteiger partial charge in [-0.2, -0.15) is 0 Å². The number of hydrogen-bond donors (Lipinski definition) is 2. The van der Waals surface area contributed by atoms with Crippen LogP contribution in [0, 0.1) is 0 Å². The van der Waals surface area contributed by atoms with Crippen molar-refractivity contribution in [2.45, 2.75) is 13.2 Å². The highest BCUT2D eigenvalue weighted by atomic mass is 16.5. The number of anilines is 1. The summed E-state index contributed by atoms with van der Waals surface area (Å²) in [5, 5.41) is 9.07. The Kier molecular flexibility index (Phi) is 3.26. The number of benzene rings is 2. The van der Waals surface area contributed by atoms with Crippen LogP contribution in [0.3, 0.4) is 0 Å². The van der Waals surface area contributed by atoms with Crippen molar-refractivity contribution in [1.82, 2.24) is 4.98 Å². The van der Waals surface area contributed by atoms with Gasteiger partial charge in [-0.1, -0.05) is 12.1 Å². The Morgan fingerprint density at radius 1 is 1.20 bits per heavy atom. The fourth-order valence-electron chi connectivity index (χ4n) is 1.93. The molecule has 5 heteroatoms. The quantitative estimate of drug-likeness (QED) is 0.712. The number of aliphatic hydroxyl groups is 1. The highest BCUT2D eigenvalue weighted by molar-refractivity contribution is 5.76.